The zero-order valence-electron chi connectivity index (χ0n) is 12.1. The molecule has 0 atom stereocenters. The Kier molecular flexibility index (Phi) is 6.18. The Labute approximate surface area is 130 Å². The Hall–Kier alpha value is -1.42. The summed E-state index contributed by atoms with van der Waals surface area (Å²) >= 11 is 6.11. The monoisotopic (exact) mass is 307 g/mol. The molecule has 0 heterocycles. The molecule has 0 radical (unpaired) electrons. The minimum atomic E-state index is -0.310. The molecule has 0 aromatic heterocycles. The molecule has 0 fully saturated rings. The Balaban J connectivity index is 2.08. The lowest BCUT2D eigenvalue weighted by molar-refractivity contribution is 0.140. The molecule has 21 heavy (non-hydrogen) atoms. The number of hydrogen-bond acceptors (Lipinski definition) is 2. The second-order valence-corrected chi connectivity index (χ2v) is 5.33. The molecule has 0 spiro atoms. The highest BCUT2D eigenvalue weighted by atomic mass is 35.5. The van der Waals surface area contributed by atoms with E-state index in [0.29, 0.717) is 18.2 Å². The van der Waals surface area contributed by atoms with E-state index < -0.39 is 0 Å². The van der Waals surface area contributed by atoms with Gasteiger partial charge in [-0.05, 0) is 23.3 Å². The van der Waals surface area contributed by atoms with Crippen molar-refractivity contribution in [2.75, 3.05) is 20.3 Å². The fourth-order valence-corrected chi connectivity index (χ4v) is 2.39. The smallest absolute Gasteiger partial charge is 0.124 e. The van der Waals surface area contributed by atoms with Gasteiger partial charge in [0.2, 0.25) is 0 Å². The van der Waals surface area contributed by atoms with E-state index in [1.165, 1.54) is 17.7 Å². The molecule has 2 aromatic carbocycles. The van der Waals surface area contributed by atoms with Crippen LogP contribution in [0.15, 0.2) is 48.5 Å². The first kappa shape index (κ1) is 16.0. The maximum absolute atomic E-state index is 13.1. The molecule has 0 N–H and O–H groups in total. The third kappa shape index (κ3) is 5.12. The number of rotatable bonds is 7. The van der Waals surface area contributed by atoms with Gasteiger partial charge in [-0.1, -0.05) is 48.0 Å². The maximum atomic E-state index is 13.1. The van der Waals surface area contributed by atoms with Crippen molar-refractivity contribution < 1.29 is 9.13 Å². The molecule has 4 heteroatoms. The van der Waals surface area contributed by atoms with Crippen molar-refractivity contribution >= 4 is 11.6 Å². The summed E-state index contributed by atoms with van der Waals surface area (Å²) in [6, 6.07) is 14.8. The summed E-state index contributed by atoms with van der Waals surface area (Å²) in [6.45, 7) is 2.90. The lowest BCUT2D eigenvalue weighted by atomic mass is 10.1. The zero-order valence-corrected chi connectivity index (χ0v) is 12.8. The Morgan fingerprint density at radius 2 is 1.86 bits per heavy atom. The standard InChI is InChI=1S/C17H19ClFNO/c1-21-10-9-20(12-14-5-3-2-4-6-14)13-15-7-8-16(19)11-17(15)18/h2-8,11H,9-10,12-13H2,1H3. The highest BCUT2D eigenvalue weighted by Crippen LogP contribution is 2.20. The van der Waals surface area contributed by atoms with Crippen LogP contribution in [0, 0.1) is 5.82 Å². The second-order valence-electron chi connectivity index (χ2n) is 4.92. The molecule has 0 aliphatic heterocycles. The van der Waals surface area contributed by atoms with Gasteiger partial charge in [0.1, 0.15) is 5.82 Å². The van der Waals surface area contributed by atoms with Gasteiger partial charge in [-0.2, -0.15) is 0 Å². The molecule has 2 nitrogen and oxygen atoms in total. The topological polar surface area (TPSA) is 12.5 Å². The summed E-state index contributed by atoms with van der Waals surface area (Å²) in [5.41, 5.74) is 2.15. The van der Waals surface area contributed by atoms with E-state index in [-0.39, 0.29) is 5.82 Å². The van der Waals surface area contributed by atoms with Crippen molar-refractivity contribution in [1.29, 1.82) is 0 Å². The molecule has 0 saturated heterocycles. The van der Waals surface area contributed by atoms with Gasteiger partial charge in [0, 0.05) is 31.8 Å². The molecule has 0 unspecified atom stereocenters. The SMILES string of the molecule is COCCN(Cc1ccccc1)Cc1ccc(F)cc1Cl. The first-order valence-electron chi connectivity index (χ1n) is 6.88. The molecule has 112 valence electrons. The van der Waals surface area contributed by atoms with E-state index in [4.69, 9.17) is 16.3 Å². The third-order valence-corrected chi connectivity index (χ3v) is 3.62. The molecule has 0 aliphatic carbocycles. The first-order chi connectivity index (χ1) is 10.2. The van der Waals surface area contributed by atoms with Crippen LogP contribution in [0.25, 0.3) is 0 Å². The Bertz CT molecular complexity index is 562. The van der Waals surface area contributed by atoms with Crippen LogP contribution in [0.5, 0.6) is 0 Å². The highest BCUT2D eigenvalue weighted by molar-refractivity contribution is 6.31. The number of halogens is 2. The van der Waals surface area contributed by atoms with Crippen LogP contribution in [-0.4, -0.2) is 25.2 Å². The molecule has 0 saturated carbocycles. The van der Waals surface area contributed by atoms with Crippen LogP contribution in [-0.2, 0) is 17.8 Å². The summed E-state index contributed by atoms with van der Waals surface area (Å²) in [4.78, 5) is 2.23. The molecule has 0 bridgehead atoms. The zero-order chi connectivity index (χ0) is 15.1. The molecule has 0 amide bonds. The van der Waals surface area contributed by atoms with Gasteiger partial charge >= 0.3 is 0 Å². The predicted octanol–water partition coefficient (Wildman–Crippen LogP) is 4.13. The van der Waals surface area contributed by atoms with E-state index in [1.807, 2.05) is 18.2 Å². The summed E-state index contributed by atoms with van der Waals surface area (Å²) in [5, 5.41) is 0.463. The fourth-order valence-electron chi connectivity index (χ4n) is 2.17. The van der Waals surface area contributed by atoms with Gasteiger partial charge in [0.05, 0.1) is 6.61 Å². The molecule has 2 rings (SSSR count). The van der Waals surface area contributed by atoms with E-state index in [2.05, 4.69) is 17.0 Å². The van der Waals surface area contributed by atoms with E-state index >= 15 is 0 Å². The molecule has 2 aromatic rings. The van der Waals surface area contributed by atoms with Gasteiger partial charge < -0.3 is 4.74 Å². The van der Waals surface area contributed by atoms with Gasteiger partial charge in [0.15, 0.2) is 0 Å². The fraction of sp³-hybridized carbons (Fsp3) is 0.294. The van der Waals surface area contributed by atoms with Crippen LogP contribution >= 0.6 is 11.6 Å². The van der Waals surface area contributed by atoms with Crippen LogP contribution in [0.3, 0.4) is 0 Å². The average molecular weight is 308 g/mol. The summed E-state index contributed by atoms with van der Waals surface area (Å²) in [7, 11) is 1.69. The van der Waals surface area contributed by atoms with Crippen molar-refractivity contribution in [2.24, 2.45) is 0 Å². The largest absolute Gasteiger partial charge is 0.383 e. The highest BCUT2D eigenvalue weighted by Gasteiger charge is 2.10. The van der Waals surface area contributed by atoms with Crippen molar-refractivity contribution in [2.45, 2.75) is 13.1 Å². The first-order valence-corrected chi connectivity index (χ1v) is 7.26. The van der Waals surface area contributed by atoms with E-state index in [1.54, 1.807) is 13.2 Å². The van der Waals surface area contributed by atoms with Gasteiger partial charge in [-0.25, -0.2) is 4.39 Å². The number of ether oxygens (including phenoxy) is 1. The quantitative estimate of drug-likeness (QED) is 0.762. The van der Waals surface area contributed by atoms with Crippen molar-refractivity contribution in [3.05, 3.63) is 70.5 Å². The van der Waals surface area contributed by atoms with Gasteiger partial charge in [-0.15, -0.1) is 0 Å². The minimum Gasteiger partial charge on any atom is -0.383 e. The summed E-state index contributed by atoms with van der Waals surface area (Å²) in [5.74, 6) is -0.310. The summed E-state index contributed by atoms with van der Waals surface area (Å²) in [6.07, 6.45) is 0. The maximum Gasteiger partial charge on any atom is 0.124 e. The lowest BCUT2D eigenvalue weighted by Gasteiger charge is -2.22. The number of methoxy groups -OCH3 is 1. The number of hydrogen-bond donors (Lipinski definition) is 0. The van der Waals surface area contributed by atoms with Crippen molar-refractivity contribution in [3.63, 3.8) is 0 Å². The normalized spacial score (nSPS) is 11.0. The average Bonchev–Trinajstić information content (AvgIpc) is 2.48. The Morgan fingerprint density at radius 3 is 2.52 bits per heavy atom. The lowest BCUT2D eigenvalue weighted by Crippen LogP contribution is -2.26. The number of benzene rings is 2. The molecule has 0 aliphatic rings. The van der Waals surface area contributed by atoms with Gasteiger partial charge in [0.25, 0.3) is 0 Å². The Morgan fingerprint density at radius 1 is 1.10 bits per heavy atom. The molecular formula is C17H19ClFNO. The number of nitrogens with zero attached hydrogens (tertiary/aromatic N) is 1. The van der Waals surface area contributed by atoms with Crippen molar-refractivity contribution in [3.8, 4) is 0 Å². The van der Waals surface area contributed by atoms with Crippen LogP contribution < -0.4 is 0 Å². The third-order valence-electron chi connectivity index (χ3n) is 3.27. The molecular weight excluding hydrogens is 289 g/mol. The van der Waals surface area contributed by atoms with Crippen LogP contribution in [0.2, 0.25) is 5.02 Å². The predicted molar refractivity (Wildman–Crippen MR) is 83.8 cm³/mol. The van der Waals surface area contributed by atoms with Crippen LogP contribution in [0.4, 0.5) is 4.39 Å². The second kappa shape index (κ2) is 8.13. The van der Waals surface area contributed by atoms with Gasteiger partial charge in [-0.3, -0.25) is 4.90 Å². The van der Waals surface area contributed by atoms with E-state index in [0.717, 1.165) is 18.7 Å². The van der Waals surface area contributed by atoms with Crippen molar-refractivity contribution in [1.82, 2.24) is 4.90 Å². The summed E-state index contributed by atoms with van der Waals surface area (Å²) < 4.78 is 18.3. The van der Waals surface area contributed by atoms with E-state index in [9.17, 15) is 4.39 Å². The van der Waals surface area contributed by atoms with Crippen LogP contribution in [0.1, 0.15) is 11.1 Å². The minimum absolute atomic E-state index is 0.310.